The third kappa shape index (κ3) is 1.11. The molecule has 13 heavy (non-hydrogen) atoms. The molecule has 2 heterocycles. The molecule has 0 saturated heterocycles. The zero-order chi connectivity index (χ0) is 9.59. The maximum atomic E-state index is 11.6. The van der Waals surface area contributed by atoms with Gasteiger partial charge >= 0.3 is 0 Å². The second-order valence-electron chi connectivity index (χ2n) is 3.54. The summed E-state index contributed by atoms with van der Waals surface area (Å²) in [4.78, 5) is 17.7. The lowest BCUT2D eigenvalue weighted by Gasteiger charge is -2.04. The molecular formula is C10H12N2O. The lowest BCUT2D eigenvalue weighted by atomic mass is 10.1. The third-order valence-corrected chi connectivity index (χ3v) is 2.43. The Hall–Kier alpha value is -1.38. The zero-order valence-electron chi connectivity index (χ0n) is 8.09. The Morgan fingerprint density at radius 2 is 2.15 bits per heavy atom. The fourth-order valence-electron chi connectivity index (χ4n) is 1.76. The van der Waals surface area contributed by atoms with Crippen molar-refractivity contribution in [2.24, 2.45) is 0 Å². The molecule has 1 amide bonds. The van der Waals surface area contributed by atoms with Crippen LogP contribution in [0.15, 0.2) is 6.07 Å². The molecule has 3 heteroatoms. The van der Waals surface area contributed by atoms with Crippen LogP contribution in [0.3, 0.4) is 0 Å². The van der Waals surface area contributed by atoms with E-state index in [1.54, 1.807) is 4.90 Å². The Kier molecular flexibility index (Phi) is 1.62. The zero-order valence-corrected chi connectivity index (χ0v) is 8.09. The quantitative estimate of drug-likeness (QED) is 0.596. The molecule has 0 aromatic carbocycles. The number of hydrogen-bond donors (Lipinski definition) is 0. The van der Waals surface area contributed by atoms with E-state index in [0.717, 1.165) is 22.5 Å². The molecule has 0 saturated carbocycles. The van der Waals surface area contributed by atoms with Crippen LogP contribution in [-0.4, -0.2) is 22.8 Å². The molecular weight excluding hydrogens is 164 g/mol. The highest BCUT2D eigenvalue weighted by molar-refractivity contribution is 5.98. The van der Waals surface area contributed by atoms with Gasteiger partial charge in [-0.3, -0.25) is 9.78 Å². The lowest BCUT2D eigenvalue weighted by molar-refractivity contribution is 0.0816. The molecule has 0 spiro atoms. The van der Waals surface area contributed by atoms with E-state index in [0.29, 0.717) is 6.54 Å². The predicted molar refractivity (Wildman–Crippen MR) is 49.5 cm³/mol. The fraction of sp³-hybridized carbons (Fsp3) is 0.400. The Morgan fingerprint density at radius 1 is 1.46 bits per heavy atom. The summed E-state index contributed by atoms with van der Waals surface area (Å²) in [5.74, 6) is 0.114. The van der Waals surface area contributed by atoms with Crippen molar-refractivity contribution in [3.8, 4) is 0 Å². The molecule has 1 aromatic heterocycles. The number of fused-ring (bicyclic) bond motifs is 1. The van der Waals surface area contributed by atoms with Crippen LogP contribution in [0.4, 0.5) is 0 Å². The van der Waals surface area contributed by atoms with Crippen LogP contribution in [0.25, 0.3) is 0 Å². The summed E-state index contributed by atoms with van der Waals surface area (Å²) in [6, 6.07) is 1.87. The Balaban J connectivity index is 2.64. The molecule has 1 aliphatic rings. The van der Waals surface area contributed by atoms with Crippen LogP contribution < -0.4 is 0 Å². The number of amides is 1. The molecule has 3 nitrogen and oxygen atoms in total. The molecule has 1 aliphatic heterocycles. The first-order valence-electron chi connectivity index (χ1n) is 4.32. The topological polar surface area (TPSA) is 33.2 Å². The second kappa shape index (κ2) is 2.55. The first-order valence-corrected chi connectivity index (χ1v) is 4.32. The van der Waals surface area contributed by atoms with Gasteiger partial charge in [-0.25, -0.2) is 0 Å². The maximum Gasteiger partial charge on any atom is 0.254 e. The highest BCUT2D eigenvalue weighted by Gasteiger charge is 2.26. The molecule has 0 atom stereocenters. The summed E-state index contributed by atoms with van der Waals surface area (Å²) in [7, 11) is 1.82. The van der Waals surface area contributed by atoms with Gasteiger partial charge in [0, 0.05) is 36.1 Å². The largest absolute Gasteiger partial charge is 0.337 e. The van der Waals surface area contributed by atoms with Crippen LogP contribution in [0.5, 0.6) is 0 Å². The van der Waals surface area contributed by atoms with Crippen molar-refractivity contribution in [3.63, 3.8) is 0 Å². The van der Waals surface area contributed by atoms with E-state index in [1.165, 1.54) is 0 Å². The summed E-state index contributed by atoms with van der Waals surface area (Å²) < 4.78 is 0. The van der Waals surface area contributed by atoms with Crippen LogP contribution in [0.1, 0.15) is 27.3 Å². The van der Waals surface area contributed by atoms with Crippen LogP contribution in [0, 0.1) is 13.8 Å². The molecule has 68 valence electrons. The van der Waals surface area contributed by atoms with E-state index >= 15 is 0 Å². The van der Waals surface area contributed by atoms with Crippen molar-refractivity contribution < 1.29 is 4.79 Å². The van der Waals surface area contributed by atoms with E-state index in [2.05, 4.69) is 4.98 Å². The van der Waals surface area contributed by atoms with E-state index in [1.807, 2.05) is 27.0 Å². The number of aromatic nitrogens is 1. The summed E-state index contributed by atoms with van der Waals surface area (Å²) in [6.07, 6.45) is 0. The maximum absolute atomic E-state index is 11.6. The number of aryl methyl sites for hydroxylation is 2. The van der Waals surface area contributed by atoms with E-state index in [9.17, 15) is 4.79 Å². The Labute approximate surface area is 77.4 Å². The van der Waals surface area contributed by atoms with Crippen molar-refractivity contribution in [2.45, 2.75) is 20.4 Å². The fourth-order valence-corrected chi connectivity index (χ4v) is 1.76. The Morgan fingerprint density at radius 3 is 2.85 bits per heavy atom. The molecule has 0 radical (unpaired) electrons. The number of pyridine rings is 1. The van der Waals surface area contributed by atoms with Crippen LogP contribution in [-0.2, 0) is 6.54 Å². The van der Waals surface area contributed by atoms with Crippen LogP contribution in [0.2, 0.25) is 0 Å². The highest BCUT2D eigenvalue weighted by Crippen LogP contribution is 2.23. The molecule has 0 bridgehead atoms. The summed E-state index contributed by atoms with van der Waals surface area (Å²) >= 11 is 0. The van der Waals surface area contributed by atoms with Gasteiger partial charge in [-0.1, -0.05) is 0 Å². The van der Waals surface area contributed by atoms with Crippen molar-refractivity contribution in [1.82, 2.24) is 9.88 Å². The van der Waals surface area contributed by atoms with Crippen molar-refractivity contribution in [1.29, 1.82) is 0 Å². The van der Waals surface area contributed by atoms with Crippen molar-refractivity contribution >= 4 is 5.91 Å². The third-order valence-electron chi connectivity index (χ3n) is 2.43. The van der Waals surface area contributed by atoms with E-state index in [-0.39, 0.29) is 5.91 Å². The normalized spacial score (nSPS) is 15.0. The van der Waals surface area contributed by atoms with Gasteiger partial charge in [0.25, 0.3) is 5.91 Å². The average Bonchev–Trinajstić information content (AvgIpc) is 2.32. The number of hydrogen-bond acceptors (Lipinski definition) is 2. The SMILES string of the molecule is Cc1cc2c(c(C)n1)CN(C)C2=O. The molecule has 2 rings (SSSR count). The summed E-state index contributed by atoms with van der Waals surface area (Å²) in [5.41, 5.74) is 3.80. The highest BCUT2D eigenvalue weighted by atomic mass is 16.2. The van der Waals surface area contributed by atoms with E-state index in [4.69, 9.17) is 0 Å². The van der Waals surface area contributed by atoms with Crippen molar-refractivity contribution in [2.75, 3.05) is 7.05 Å². The Bertz CT molecular complexity index is 385. The molecule has 0 fully saturated rings. The van der Waals surface area contributed by atoms with Gasteiger partial charge in [-0.05, 0) is 19.9 Å². The standard InChI is InChI=1S/C10H12N2O/c1-6-4-8-9(7(2)11-6)5-12(3)10(8)13/h4H,5H2,1-3H3. The van der Waals surface area contributed by atoms with E-state index < -0.39 is 0 Å². The van der Waals surface area contributed by atoms with Gasteiger partial charge < -0.3 is 4.90 Å². The molecule has 0 aliphatic carbocycles. The van der Waals surface area contributed by atoms with Gasteiger partial charge in [0.15, 0.2) is 0 Å². The summed E-state index contributed by atoms with van der Waals surface area (Å²) in [6.45, 7) is 4.57. The monoisotopic (exact) mass is 176 g/mol. The number of rotatable bonds is 0. The smallest absolute Gasteiger partial charge is 0.254 e. The van der Waals surface area contributed by atoms with Gasteiger partial charge in [0.1, 0.15) is 0 Å². The van der Waals surface area contributed by atoms with Crippen molar-refractivity contribution in [3.05, 3.63) is 28.6 Å². The van der Waals surface area contributed by atoms with Gasteiger partial charge in [0.05, 0.1) is 0 Å². The first-order chi connectivity index (χ1) is 6.09. The first kappa shape index (κ1) is 8.23. The second-order valence-corrected chi connectivity index (χ2v) is 3.54. The number of carbonyl (C=O) groups excluding carboxylic acids is 1. The summed E-state index contributed by atoms with van der Waals surface area (Å²) in [5, 5.41) is 0. The molecule has 0 unspecified atom stereocenters. The minimum atomic E-state index is 0.114. The minimum absolute atomic E-state index is 0.114. The number of carbonyl (C=O) groups is 1. The average molecular weight is 176 g/mol. The number of nitrogens with zero attached hydrogens (tertiary/aromatic N) is 2. The molecule has 0 N–H and O–H groups in total. The van der Waals surface area contributed by atoms with Crippen LogP contribution >= 0.6 is 0 Å². The minimum Gasteiger partial charge on any atom is -0.337 e. The van der Waals surface area contributed by atoms with Gasteiger partial charge in [-0.15, -0.1) is 0 Å². The molecule has 1 aromatic rings. The van der Waals surface area contributed by atoms with Gasteiger partial charge in [-0.2, -0.15) is 0 Å². The van der Waals surface area contributed by atoms with Gasteiger partial charge in [0.2, 0.25) is 0 Å². The lowest BCUT2D eigenvalue weighted by Crippen LogP contribution is -2.17. The predicted octanol–water partition coefficient (Wildman–Crippen LogP) is 1.28.